The predicted octanol–water partition coefficient (Wildman–Crippen LogP) is 5.90. The zero-order valence-electron chi connectivity index (χ0n) is 20.7. The number of fused-ring (bicyclic) bond motifs is 4. The summed E-state index contributed by atoms with van der Waals surface area (Å²) >= 11 is 0. The van der Waals surface area contributed by atoms with E-state index in [4.69, 9.17) is 23.7 Å². The fourth-order valence-corrected chi connectivity index (χ4v) is 4.55. The molecule has 6 nitrogen and oxygen atoms in total. The van der Waals surface area contributed by atoms with Crippen molar-refractivity contribution in [1.29, 1.82) is 0 Å². The second kappa shape index (κ2) is 10.4. The van der Waals surface area contributed by atoms with E-state index in [0.717, 1.165) is 36.1 Å². The van der Waals surface area contributed by atoms with Crippen LogP contribution in [0.1, 0.15) is 67.4 Å². The maximum atomic E-state index is 13.8. The maximum Gasteiger partial charge on any atom is 0.178 e. The summed E-state index contributed by atoms with van der Waals surface area (Å²) in [5, 5.41) is 0. The van der Waals surface area contributed by atoms with Crippen molar-refractivity contribution >= 4 is 5.78 Å². The monoisotopic (exact) mass is 466 g/mol. The average molecular weight is 467 g/mol. The van der Waals surface area contributed by atoms with Gasteiger partial charge in [-0.15, -0.1) is 0 Å². The third-order valence-electron chi connectivity index (χ3n) is 6.38. The number of Topliss-reactive ketones (excluding diaryl/α,β-unsaturated/α-hetero) is 1. The van der Waals surface area contributed by atoms with Gasteiger partial charge in [-0.25, -0.2) is 0 Å². The van der Waals surface area contributed by atoms with E-state index < -0.39 is 12.0 Å². The van der Waals surface area contributed by atoms with Gasteiger partial charge in [-0.3, -0.25) is 4.79 Å². The topological polar surface area (TPSA) is 63.2 Å². The first-order valence-corrected chi connectivity index (χ1v) is 12.0. The van der Waals surface area contributed by atoms with E-state index >= 15 is 0 Å². The van der Waals surface area contributed by atoms with Gasteiger partial charge in [0.05, 0.1) is 32.3 Å². The lowest BCUT2D eigenvalue weighted by Crippen LogP contribution is -2.43. The fraction of sp³-hybridized carbons (Fsp3) is 0.464. The first-order valence-electron chi connectivity index (χ1n) is 12.0. The molecule has 2 aromatic rings. The molecule has 2 aliphatic rings. The second-order valence-electron chi connectivity index (χ2n) is 9.01. The van der Waals surface area contributed by atoms with E-state index in [-0.39, 0.29) is 12.4 Å². The van der Waals surface area contributed by atoms with Crippen LogP contribution in [-0.2, 0) is 6.42 Å². The standard InChI is InChI=1S/C28H34O6/c1-6-7-8-13-32-21-12-11-19-27(29)26-20-14-23(30-4)24(31-5)15-22(20)33-16-25(26)34-28(19)18(21)10-9-17(2)3/h9,11-12,14-15,25-26H,6-8,10,13,16H2,1-5H3. The van der Waals surface area contributed by atoms with E-state index in [0.29, 0.717) is 41.6 Å². The lowest BCUT2D eigenvalue weighted by Gasteiger charge is -2.38. The van der Waals surface area contributed by atoms with E-state index in [1.165, 1.54) is 5.57 Å². The van der Waals surface area contributed by atoms with Crippen molar-refractivity contribution in [2.75, 3.05) is 27.4 Å². The lowest BCUT2D eigenvalue weighted by atomic mass is 9.81. The molecule has 0 N–H and O–H groups in total. The summed E-state index contributed by atoms with van der Waals surface area (Å²) in [5.74, 6) is 2.70. The van der Waals surface area contributed by atoms with Crippen LogP contribution in [0.15, 0.2) is 35.9 Å². The highest BCUT2D eigenvalue weighted by Crippen LogP contribution is 2.48. The van der Waals surface area contributed by atoms with E-state index in [1.54, 1.807) is 20.3 Å². The van der Waals surface area contributed by atoms with Gasteiger partial charge in [0.1, 0.15) is 30.0 Å². The number of methoxy groups -OCH3 is 2. The van der Waals surface area contributed by atoms with Crippen molar-refractivity contribution in [2.24, 2.45) is 0 Å². The fourth-order valence-electron chi connectivity index (χ4n) is 4.55. The molecule has 0 aliphatic carbocycles. The molecule has 0 radical (unpaired) electrons. The molecule has 182 valence electrons. The molecule has 2 unspecified atom stereocenters. The molecule has 0 saturated heterocycles. The van der Waals surface area contributed by atoms with Gasteiger partial charge in [-0.2, -0.15) is 0 Å². The lowest BCUT2D eigenvalue weighted by molar-refractivity contribution is 0.0552. The highest BCUT2D eigenvalue weighted by Gasteiger charge is 2.44. The molecular formula is C28H34O6. The molecular weight excluding hydrogens is 432 g/mol. The number of unbranched alkanes of at least 4 members (excludes halogenated alkanes) is 2. The van der Waals surface area contributed by atoms with E-state index in [2.05, 4.69) is 26.8 Å². The molecule has 2 aliphatic heterocycles. The Hall–Kier alpha value is -3.15. The Labute approximate surface area is 201 Å². The summed E-state index contributed by atoms with van der Waals surface area (Å²) < 4.78 is 29.5. The predicted molar refractivity (Wildman–Crippen MR) is 131 cm³/mol. The number of hydrogen-bond donors (Lipinski definition) is 0. The molecule has 0 aromatic heterocycles. The molecule has 6 heteroatoms. The highest BCUT2D eigenvalue weighted by molar-refractivity contribution is 6.06. The summed E-state index contributed by atoms with van der Waals surface area (Å²) in [4.78, 5) is 13.8. The van der Waals surface area contributed by atoms with Gasteiger partial charge in [0.15, 0.2) is 17.3 Å². The Morgan fingerprint density at radius 2 is 1.85 bits per heavy atom. The van der Waals surface area contributed by atoms with Gasteiger partial charge in [-0.1, -0.05) is 31.4 Å². The van der Waals surface area contributed by atoms with Crippen LogP contribution in [0.3, 0.4) is 0 Å². The number of ether oxygens (including phenoxy) is 5. The van der Waals surface area contributed by atoms with Gasteiger partial charge in [0.2, 0.25) is 0 Å². The summed E-state index contributed by atoms with van der Waals surface area (Å²) in [6, 6.07) is 7.35. The van der Waals surface area contributed by atoms with Crippen LogP contribution in [0, 0.1) is 0 Å². The van der Waals surface area contributed by atoms with Crippen molar-refractivity contribution < 1.29 is 28.5 Å². The van der Waals surface area contributed by atoms with Crippen LogP contribution in [-0.4, -0.2) is 39.3 Å². The zero-order chi connectivity index (χ0) is 24.2. The van der Waals surface area contributed by atoms with Gasteiger partial charge in [0, 0.05) is 17.2 Å². The summed E-state index contributed by atoms with van der Waals surface area (Å²) in [6.07, 6.45) is 5.61. The van der Waals surface area contributed by atoms with Gasteiger partial charge in [-0.05, 0) is 44.9 Å². The summed E-state index contributed by atoms with van der Waals surface area (Å²) in [5.41, 5.74) is 3.46. The Balaban J connectivity index is 1.73. The minimum Gasteiger partial charge on any atom is -0.493 e. The first kappa shape index (κ1) is 24.0. The van der Waals surface area contributed by atoms with Crippen molar-refractivity contribution in [3.05, 3.63) is 52.6 Å². The molecule has 34 heavy (non-hydrogen) atoms. The number of carbonyl (C=O) groups excluding carboxylic acids is 1. The van der Waals surface area contributed by atoms with Crippen LogP contribution in [0.5, 0.6) is 28.7 Å². The number of ketones is 1. The molecule has 0 spiro atoms. The van der Waals surface area contributed by atoms with Gasteiger partial charge in [0.25, 0.3) is 0 Å². The van der Waals surface area contributed by atoms with E-state index in [9.17, 15) is 4.79 Å². The van der Waals surface area contributed by atoms with Crippen molar-refractivity contribution in [2.45, 2.75) is 58.5 Å². The molecule has 2 heterocycles. The third kappa shape index (κ3) is 4.59. The number of allylic oxidation sites excluding steroid dienone is 2. The molecule has 0 fully saturated rings. The van der Waals surface area contributed by atoms with Crippen LogP contribution in [0.4, 0.5) is 0 Å². The maximum absolute atomic E-state index is 13.8. The molecule has 2 aromatic carbocycles. The van der Waals surface area contributed by atoms with Crippen LogP contribution in [0.2, 0.25) is 0 Å². The van der Waals surface area contributed by atoms with Crippen LogP contribution in [0.25, 0.3) is 0 Å². The largest absolute Gasteiger partial charge is 0.493 e. The quantitative estimate of drug-likeness (QED) is 0.339. The average Bonchev–Trinajstić information content (AvgIpc) is 2.84. The van der Waals surface area contributed by atoms with Crippen LogP contribution < -0.4 is 23.7 Å². The zero-order valence-corrected chi connectivity index (χ0v) is 20.7. The molecule has 0 bridgehead atoms. The molecule has 0 saturated carbocycles. The minimum atomic E-state index is -0.469. The van der Waals surface area contributed by atoms with Gasteiger partial charge < -0.3 is 23.7 Å². The number of benzene rings is 2. The van der Waals surface area contributed by atoms with Crippen LogP contribution >= 0.6 is 0 Å². The van der Waals surface area contributed by atoms with Crippen molar-refractivity contribution in [1.82, 2.24) is 0 Å². The second-order valence-corrected chi connectivity index (χ2v) is 9.01. The first-order chi connectivity index (χ1) is 16.5. The number of carbonyl (C=O) groups is 1. The molecule has 0 amide bonds. The summed E-state index contributed by atoms with van der Waals surface area (Å²) in [6.45, 7) is 7.22. The Kier molecular flexibility index (Phi) is 7.35. The molecule has 4 rings (SSSR count). The Morgan fingerprint density at radius 3 is 2.56 bits per heavy atom. The van der Waals surface area contributed by atoms with Gasteiger partial charge >= 0.3 is 0 Å². The minimum absolute atomic E-state index is 0.0269. The number of rotatable bonds is 9. The van der Waals surface area contributed by atoms with Crippen molar-refractivity contribution in [3.8, 4) is 28.7 Å². The van der Waals surface area contributed by atoms with Crippen molar-refractivity contribution in [3.63, 3.8) is 0 Å². The highest BCUT2D eigenvalue weighted by atomic mass is 16.5. The molecule has 2 atom stereocenters. The Bertz CT molecular complexity index is 1080. The normalized spacial score (nSPS) is 18.0. The smallest absolute Gasteiger partial charge is 0.178 e. The number of hydrogen-bond acceptors (Lipinski definition) is 6. The Morgan fingerprint density at radius 1 is 1.09 bits per heavy atom. The van der Waals surface area contributed by atoms with E-state index in [1.807, 2.05) is 18.2 Å². The summed E-state index contributed by atoms with van der Waals surface area (Å²) in [7, 11) is 3.16. The SMILES string of the molecule is CCCCCOc1ccc2c(c1CC=C(C)C)OC1COc3cc(OC)c(OC)cc3C1C2=O. The third-order valence-corrected chi connectivity index (χ3v) is 6.38.